The van der Waals surface area contributed by atoms with Gasteiger partial charge < -0.3 is 10.4 Å². The second-order valence-electron chi connectivity index (χ2n) is 3.14. The molecule has 17 heavy (non-hydrogen) atoms. The molecule has 0 saturated carbocycles. The van der Waals surface area contributed by atoms with Crippen molar-refractivity contribution in [2.24, 2.45) is 0 Å². The summed E-state index contributed by atoms with van der Waals surface area (Å²) in [6, 6.07) is 4.07. The number of carbonyl (C=O) groups is 1. The molecule has 1 rings (SSSR count). The number of rotatable bonds is 5. The van der Waals surface area contributed by atoms with Crippen LogP contribution in [-0.4, -0.2) is 22.5 Å². The fraction of sp³-hybridized carbons (Fsp3) is 0.182. The number of carboxylic acid groups (broad SMARTS) is 1. The van der Waals surface area contributed by atoms with Gasteiger partial charge in [-0.3, -0.25) is 10.1 Å². The third-order valence-electron chi connectivity index (χ3n) is 2.03. The maximum absolute atomic E-state index is 10.8. The number of carboxylic acids is 1. The van der Waals surface area contributed by atoms with E-state index in [-0.39, 0.29) is 11.3 Å². The molecule has 88 valence electrons. The Morgan fingerprint density at radius 1 is 1.59 bits per heavy atom. The van der Waals surface area contributed by atoms with E-state index in [4.69, 9.17) is 11.5 Å². The van der Waals surface area contributed by atoms with Gasteiger partial charge in [-0.1, -0.05) is 6.07 Å². The van der Waals surface area contributed by atoms with E-state index < -0.39 is 16.6 Å². The van der Waals surface area contributed by atoms with Crippen molar-refractivity contribution in [1.29, 1.82) is 0 Å². The summed E-state index contributed by atoms with van der Waals surface area (Å²) < 4.78 is 0. The Balaban J connectivity index is 3.12. The van der Waals surface area contributed by atoms with Gasteiger partial charge in [0.1, 0.15) is 11.3 Å². The van der Waals surface area contributed by atoms with Crippen LogP contribution >= 0.6 is 0 Å². The van der Waals surface area contributed by atoms with Crippen LogP contribution in [0.3, 0.4) is 0 Å². The highest BCUT2D eigenvalue weighted by Gasteiger charge is 2.23. The van der Waals surface area contributed by atoms with E-state index in [1.165, 1.54) is 18.2 Å². The maximum atomic E-state index is 10.8. The summed E-state index contributed by atoms with van der Waals surface area (Å²) in [6.07, 6.45) is 5.45. The highest BCUT2D eigenvalue weighted by atomic mass is 16.6. The molecule has 0 saturated heterocycles. The minimum Gasteiger partial charge on any atom is -0.477 e. The number of hydrogen-bond acceptors (Lipinski definition) is 4. The number of terminal acetylenes is 1. The van der Waals surface area contributed by atoms with E-state index in [0.717, 1.165) is 0 Å². The van der Waals surface area contributed by atoms with Gasteiger partial charge in [0.2, 0.25) is 0 Å². The Hall–Kier alpha value is -2.55. The minimum atomic E-state index is -1.34. The summed E-state index contributed by atoms with van der Waals surface area (Å²) >= 11 is 0. The summed E-state index contributed by atoms with van der Waals surface area (Å²) in [5, 5.41) is 22.4. The van der Waals surface area contributed by atoms with Gasteiger partial charge in [-0.25, -0.2) is 4.79 Å². The van der Waals surface area contributed by atoms with Crippen molar-refractivity contribution < 1.29 is 14.8 Å². The number of para-hydroxylation sites is 1. The van der Waals surface area contributed by atoms with Gasteiger partial charge in [-0.05, 0) is 12.1 Å². The van der Waals surface area contributed by atoms with Crippen molar-refractivity contribution in [3.8, 4) is 12.3 Å². The van der Waals surface area contributed by atoms with E-state index in [1.807, 2.05) is 0 Å². The van der Waals surface area contributed by atoms with Gasteiger partial charge in [-0.2, -0.15) is 0 Å². The second kappa shape index (κ2) is 5.51. The molecule has 1 aromatic carbocycles. The van der Waals surface area contributed by atoms with Gasteiger partial charge in [0.15, 0.2) is 0 Å². The van der Waals surface area contributed by atoms with Crippen molar-refractivity contribution in [1.82, 2.24) is 0 Å². The lowest BCUT2D eigenvalue weighted by Gasteiger charge is -2.06. The fourth-order valence-electron chi connectivity index (χ4n) is 1.32. The zero-order valence-electron chi connectivity index (χ0n) is 8.84. The van der Waals surface area contributed by atoms with Crippen molar-refractivity contribution in [2.45, 2.75) is 6.42 Å². The Morgan fingerprint density at radius 3 is 2.82 bits per heavy atom. The molecule has 2 N–H and O–H groups in total. The first kappa shape index (κ1) is 12.5. The number of hydrogen-bond donors (Lipinski definition) is 2. The van der Waals surface area contributed by atoms with Crippen molar-refractivity contribution in [3.63, 3.8) is 0 Å². The molecule has 0 fully saturated rings. The predicted octanol–water partition coefficient (Wildman–Crippen LogP) is 1.73. The Labute approximate surface area is 97.4 Å². The van der Waals surface area contributed by atoms with Crippen LogP contribution in [0.15, 0.2) is 18.2 Å². The number of nitrogens with zero attached hydrogens (tertiary/aromatic N) is 1. The number of benzene rings is 1. The molecule has 6 nitrogen and oxygen atoms in total. The molecule has 1 aromatic rings. The molecule has 0 aliphatic rings. The Morgan fingerprint density at radius 2 is 2.29 bits per heavy atom. The molecule has 0 amide bonds. The molecule has 0 atom stereocenters. The quantitative estimate of drug-likeness (QED) is 0.350. The maximum Gasteiger partial charge on any atom is 0.342 e. The molecule has 6 heteroatoms. The highest BCUT2D eigenvalue weighted by molar-refractivity contribution is 5.95. The molecule has 0 spiro atoms. The van der Waals surface area contributed by atoms with Gasteiger partial charge in [0.05, 0.1) is 4.92 Å². The zero-order valence-corrected chi connectivity index (χ0v) is 8.84. The molecule has 0 bridgehead atoms. The van der Waals surface area contributed by atoms with Crippen LogP contribution in [0.2, 0.25) is 0 Å². The minimum absolute atomic E-state index is 0.158. The predicted molar refractivity (Wildman–Crippen MR) is 62.0 cm³/mol. The molecular formula is C11H10N2O4. The summed E-state index contributed by atoms with van der Waals surface area (Å²) in [4.78, 5) is 21.0. The second-order valence-corrected chi connectivity index (χ2v) is 3.14. The lowest BCUT2D eigenvalue weighted by Crippen LogP contribution is -2.08. The van der Waals surface area contributed by atoms with E-state index in [9.17, 15) is 14.9 Å². The van der Waals surface area contributed by atoms with Crippen LogP contribution in [0.5, 0.6) is 0 Å². The molecule has 0 radical (unpaired) electrons. The van der Waals surface area contributed by atoms with Crippen LogP contribution in [-0.2, 0) is 0 Å². The van der Waals surface area contributed by atoms with Crippen LogP contribution in [0.25, 0.3) is 0 Å². The summed E-state index contributed by atoms with van der Waals surface area (Å²) in [5.74, 6) is 1.04. The van der Waals surface area contributed by atoms with E-state index >= 15 is 0 Å². The first-order valence-corrected chi connectivity index (χ1v) is 4.76. The lowest BCUT2D eigenvalue weighted by atomic mass is 10.1. The van der Waals surface area contributed by atoms with E-state index in [1.54, 1.807) is 0 Å². The van der Waals surface area contributed by atoms with Gasteiger partial charge in [0.25, 0.3) is 0 Å². The zero-order chi connectivity index (χ0) is 12.8. The smallest absolute Gasteiger partial charge is 0.342 e. The molecule has 0 unspecified atom stereocenters. The van der Waals surface area contributed by atoms with Crippen molar-refractivity contribution in [2.75, 3.05) is 11.9 Å². The number of nitrogens with one attached hydrogen (secondary N) is 1. The fourth-order valence-corrected chi connectivity index (χ4v) is 1.32. The van der Waals surface area contributed by atoms with Crippen LogP contribution in [0.1, 0.15) is 16.8 Å². The number of anilines is 1. The van der Waals surface area contributed by atoms with Crippen LogP contribution in [0.4, 0.5) is 11.4 Å². The van der Waals surface area contributed by atoms with E-state index in [0.29, 0.717) is 13.0 Å². The average molecular weight is 234 g/mol. The number of nitro benzene ring substituents is 1. The summed E-state index contributed by atoms with van der Waals surface area (Å²) in [5.41, 5.74) is -0.636. The summed E-state index contributed by atoms with van der Waals surface area (Å²) in [6.45, 7) is 0.348. The van der Waals surface area contributed by atoms with E-state index in [2.05, 4.69) is 11.2 Å². The van der Waals surface area contributed by atoms with Crippen LogP contribution < -0.4 is 5.32 Å². The van der Waals surface area contributed by atoms with Gasteiger partial charge >= 0.3 is 11.7 Å². The topological polar surface area (TPSA) is 92.5 Å². The molecule has 0 aliphatic heterocycles. The average Bonchev–Trinajstić information content (AvgIpc) is 2.28. The summed E-state index contributed by atoms with van der Waals surface area (Å²) in [7, 11) is 0. The third-order valence-corrected chi connectivity index (χ3v) is 2.03. The lowest BCUT2D eigenvalue weighted by molar-refractivity contribution is -0.384. The first-order valence-electron chi connectivity index (χ1n) is 4.76. The van der Waals surface area contributed by atoms with Crippen LogP contribution in [0, 0.1) is 22.5 Å². The third kappa shape index (κ3) is 2.95. The molecule has 0 aromatic heterocycles. The first-order chi connectivity index (χ1) is 8.07. The monoisotopic (exact) mass is 234 g/mol. The van der Waals surface area contributed by atoms with Gasteiger partial charge in [0, 0.05) is 13.0 Å². The largest absolute Gasteiger partial charge is 0.477 e. The Kier molecular flexibility index (Phi) is 4.06. The van der Waals surface area contributed by atoms with Crippen molar-refractivity contribution >= 4 is 17.3 Å². The number of aromatic carboxylic acids is 1. The van der Waals surface area contributed by atoms with Gasteiger partial charge in [-0.15, -0.1) is 12.3 Å². The highest BCUT2D eigenvalue weighted by Crippen LogP contribution is 2.28. The molecule has 0 aliphatic carbocycles. The SMILES string of the molecule is C#CCCNc1cccc(C(=O)O)c1[N+](=O)[O-]. The molecular weight excluding hydrogens is 224 g/mol. The standard InChI is InChI=1S/C11H10N2O4/c1-2-3-7-12-9-6-4-5-8(11(14)15)10(9)13(16)17/h1,4-6,12H,3,7H2,(H,14,15). The Bertz CT molecular complexity index is 491. The molecule has 0 heterocycles. The normalized spacial score (nSPS) is 9.35. The van der Waals surface area contributed by atoms with Crippen molar-refractivity contribution in [3.05, 3.63) is 33.9 Å². The number of nitro groups is 1.